The lowest BCUT2D eigenvalue weighted by Gasteiger charge is -2.43. The number of phenols is 1. The summed E-state index contributed by atoms with van der Waals surface area (Å²) in [5, 5.41) is 10.2. The number of phenolic OH excluding ortho intramolecular Hbond substituents is 1. The van der Waals surface area contributed by atoms with Crippen LogP contribution >= 0.6 is 0 Å². The maximum atomic E-state index is 10.2. The first kappa shape index (κ1) is 13.8. The van der Waals surface area contributed by atoms with Crippen LogP contribution in [-0.4, -0.2) is 67.5 Å². The van der Waals surface area contributed by atoms with Gasteiger partial charge in [-0.1, -0.05) is 18.2 Å². The van der Waals surface area contributed by atoms with Crippen LogP contribution in [0.15, 0.2) is 24.3 Å². The van der Waals surface area contributed by atoms with Gasteiger partial charge in [0.05, 0.1) is 32.6 Å². The highest BCUT2D eigenvalue weighted by molar-refractivity contribution is 5.34. The smallest absolute Gasteiger partial charge is 0.121 e. The Balaban J connectivity index is 1.87. The molecule has 0 radical (unpaired) electrons. The topological polar surface area (TPSA) is 45.2 Å². The van der Waals surface area contributed by atoms with Crippen LogP contribution < -0.4 is 0 Å². The predicted octanol–water partition coefficient (Wildman–Crippen LogP) is 1.06. The molecule has 0 spiro atoms. The van der Waals surface area contributed by atoms with E-state index < -0.39 is 0 Å². The molecule has 1 aromatic rings. The van der Waals surface area contributed by atoms with Crippen molar-refractivity contribution >= 4 is 0 Å². The summed E-state index contributed by atoms with van der Waals surface area (Å²) in [4.78, 5) is 4.79. The SMILES string of the molecule is Oc1ccccc1C(N1CCOCC1)N1CCOCC1. The Kier molecular flexibility index (Phi) is 4.52. The van der Waals surface area contributed by atoms with Gasteiger partial charge in [-0.05, 0) is 6.07 Å². The van der Waals surface area contributed by atoms with Crippen molar-refractivity contribution in [3.63, 3.8) is 0 Å². The second-order valence-electron chi connectivity index (χ2n) is 5.23. The second kappa shape index (κ2) is 6.54. The molecule has 0 aliphatic carbocycles. The number of benzene rings is 1. The van der Waals surface area contributed by atoms with Crippen LogP contribution in [0.5, 0.6) is 5.75 Å². The first-order valence-corrected chi connectivity index (χ1v) is 7.28. The summed E-state index contributed by atoms with van der Waals surface area (Å²) in [6.45, 7) is 6.63. The molecule has 110 valence electrons. The quantitative estimate of drug-likeness (QED) is 0.895. The van der Waals surface area contributed by atoms with Gasteiger partial charge in [-0.25, -0.2) is 0 Å². The van der Waals surface area contributed by atoms with Crippen molar-refractivity contribution < 1.29 is 14.6 Å². The summed E-state index contributed by atoms with van der Waals surface area (Å²) in [6, 6.07) is 7.64. The highest BCUT2D eigenvalue weighted by atomic mass is 16.5. The number of hydrogen-bond acceptors (Lipinski definition) is 5. The molecule has 0 unspecified atom stereocenters. The van der Waals surface area contributed by atoms with E-state index in [0.29, 0.717) is 5.75 Å². The minimum absolute atomic E-state index is 0.115. The molecule has 1 N–H and O–H groups in total. The Morgan fingerprint density at radius 2 is 1.35 bits per heavy atom. The monoisotopic (exact) mass is 278 g/mol. The molecular weight excluding hydrogens is 256 g/mol. The molecule has 5 nitrogen and oxygen atoms in total. The summed E-state index contributed by atoms with van der Waals surface area (Å²) in [7, 11) is 0. The van der Waals surface area contributed by atoms with Crippen molar-refractivity contribution in [2.75, 3.05) is 52.6 Å². The van der Waals surface area contributed by atoms with Gasteiger partial charge in [-0.3, -0.25) is 9.80 Å². The second-order valence-corrected chi connectivity index (χ2v) is 5.23. The van der Waals surface area contributed by atoms with Gasteiger partial charge in [-0.2, -0.15) is 0 Å². The van der Waals surface area contributed by atoms with E-state index in [0.717, 1.165) is 58.2 Å². The Labute approximate surface area is 119 Å². The van der Waals surface area contributed by atoms with Crippen LogP contribution in [0.2, 0.25) is 0 Å². The van der Waals surface area contributed by atoms with Crippen LogP contribution in [-0.2, 0) is 9.47 Å². The maximum absolute atomic E-state index is 10.2. The zero-order valence-electron chi connectivity index (χ0n) is 11.7. The molecule has 2 fully saturated rings. The fourth-order valence-electron chi connectivity index (χ4n) is 2.97. The van der Waals surface area contributed by atoms with Gasteiger partial charge in [0.25, 0.3) is 0 Å². The van der Waals surface area contributed by atoms with Crippen LogP contribution in [0.4, 0.5) is 0 Å². The molecule has 3 rings (SSSR count). The molecule has 0 saturated carbocycles. The Morgan fingerprint density at radius 3 is 1.85 bits per heavy atom. The number of para-hydroxylation sites is 1. The number of hydrogen-bond donors (Lipinski definition) is 1. The van der Waals surface area contributed by atoms with Crippen LogP contribution in [0, 0.1) is 0 Å². The molecule has 0 bridgehead atoms. The molecule has 0 aromatic heterocycles. The molecule has 2 saturated heterocycles. The Morgan fingerprint density at radius 1 is 0.850 bits per heavy atom. The number of rotatable bonds is 3. The summed E-state index contributed by atoms with van der Waals surface area (Å²) in [6.07, 6.45) is 0.115. The van der Waals surface area contributed by atoms with Crippen molar-refractivity contribution in [1.29, 1.82) is 0 Å². The third kappa shape index (κ3) is 2.96. The third-order valence-electron chi connectivity index (χ3n) is 4.00. The Bertz CT molecular complexity index is 411. The van der Waals surface area contributed by atoms with E-state index in [4.69, 9.17) is 9.47 Å². The molecule has 0 atom stereocenters. The van der Waals surface area contributed by atoms with Crippen LogP contribution in [0.25, 0.3) is 0 Å². The van der Waals surface area contributed by atoms with E-state index in [9.17, 15) is 5.11 Å². The lowest BCUT2D eigenvalue weighted by molar-refractivity contribution is -0.0682. The molecule has 5 heteroatoms. The average molecular weight is 278 g/mol. The molecular formula is C15H22N2O3. The standard InChI is InChI=1S/C15H22N2O3/c18-14-4-2-1-3-13(14)15(16-5-9-19-10-6-16)17-7-11-20-12-8-17/h1-4,15,18H,5-12H2. The first-order chi connectivity index (χ1) is 9.86. The van der Waals surface area contributed by atoms with Gasteiger partial charge in [0.1, 0.15) is 5.75 Å². The molecule has 2 heterocycles. The van der Waals surface area contributed by atoms with Gasteiger partial charge in [0.15, 0.2) is 0 Å². The van der Waals surface area contributed by atoms with Gasteiger partial charge in [-0.15, -0.1) is 0 Å². The van der Waals surface area contributed by atoms with Crippen molar-refractivity contribution in [3.8, 4) is 5.75 Å². The third-order valence-corrected chi connectivity index (χ3v) is 4.00. The zero-order valence-corrected chi connectivity index (χ0v) is 11.7. The average Bonchev–Trinajstić information content (AvgIpc) is 2.52. The Hall–Kier alpha value is -1.14. The van der Waals surface area contributed by atoms with Crippen molar-refractivity contribution in [2.45, 2.75) is 6.17 Å². The summed E-state index contributed by atoms with van der Waals surface area (Å²) < 4.78 is 10.9. The lowest BCUT2D eigenvalue weighted by Crippen LogP contribution is -2.50. The first-order valence-electron chi connectivity index (χ1n) is 7.28. The van der Waals surface area contributed by atoms with Crippen LogP contribution in [0.1, 0.15) is 11.7 Å². The minimum Gasteiger partial charge on any atom is -0.508 e. The summed E-state index contributed by atoms with van der Waals surface area (Å²) >= 11 is 0. The molecule has 2 aliphatic rings. The van der Waals surface area contributed by atoms with Crippen molar-refractivity contribution in [3.05, 3.63) is 29.8 Å². The summed E-state index contributed by atoms with van der Waals surface area (Å²) in [5.41, 5.74) is 0.983. The van der Waals surface area contributed by atoms with Gasteiger partial charge >= 0.3 is 0 Å². The summed E-state index contributed by atoms with van der Waals surface area (Å²) in [5.74, 6) is 0.371. The zero-order chi connectivity index (χ0) is 13.8. The van der Waals surface area contributed by atoms with E-state index >= 15 is 0 Å². The van der Waals surface area contributed by atoms with Crippen LogP contribution in [0.3, 0.4) is 0 Å². The van der Waals surface area contributed by atoms with E-state index in [1.54, 1.807) is 6.07 Å². The highest BCUT2D eigenvalue weighted by Crippen LogP contribution is 2.32. The van der Waals surface area contributed by atoms with Crippen molar-refractivity contribution in [1.82, 2.24) is 9.80 Å². The highest BCUT2D eigenvalue weighted by Gasteiger charge is 2.30. The van der Waals surface area contributed by atoms with Gasteiger partial charge in [0.2, 0.25) is 0 Å². The van der Waals surface area contributed by atoms with E-state index in [2.05, 4.69) is 9.80 Å². The number of nitrogens with zero attached hydrogens (tertiary/aromatic N) is 2. The van der Waals surface area contributed by atoms with E-state index in [1.165, 1.54) is 0 Å². The predicted molar refractivity (Wildman–Crippen MR) is 75.6 cm³/mol. The van der Waals surface area contributed by atoms with E-state index in [-0.39, 0.29) is 6.17 Å². The largest absolute Gasteiger partial charge is 0.508 e. The lowest BCUT2D eigenvalue weighted by atomic mass is 10.1. The van der Waals surface area contributed by atoms with E-state index in [1.807, 2.05) is 18.2 Å². The normalized spacial score (nSPS) is 22.2. The fraction of sp³-hybridized carbons (Fsp3) is 0.600. The fourth-order valence-corrected chi connectivity index (χ4v) is 2.97. The van der Waals surface area contributed by atoms with Crippen molar-refractivity contribution in [2.24, 2.45) is 0 Å². The minimum atomic E-state index is 0.115. The number of morpholine rings is 2. The van der Waals surface area contributed by atoms with Gasteiger partial charge in [0, 0.05) is 31.7 Å². The number of aromatic hydroxyl groups is 1. The molecule has 20 heavy (non-hydrogen) atoms. The molecule has 0 amide bonds. The number of ether oxygens (including phenoxy) is 2. The maximum Gasteiger partial charge on any atom is 0.121 e. The van der Waals surface area contributed by atoms with Gasteiger partial charge < -0.3 is 14.6 Å². The molecule has 1 aromatic carbocycles. The molecule has 2 aliphatic heterocycles.